The number of fused-ring (bicyclic) bond motifs is 1. The third-order valence-electron chi connectivity index (χ3n) is 7.20. The van der Waals surface area contributed by atoms with Crippen molar-refractivity contribution >= 4 is 53.7 Å². The number of H-pyrrole nitrogens is 1. The smallest absolute Gasteiger partial charge is 0.261 e. The van der Waals surface area contributed by atoms with E-state index in [1.165, 1.54) is 10.4 Å². The van der Waals surface area contributed by atoms with Crippen molar-refractivity contribution in [2.45, 2.75) is 63.6 Å². The Bertz CT molecular complexity index is 1320. The van der Waals surface area contributed by atoms with Crippen molar-refractivity contribution in [3.8, 4) is 0 Å². The maximum Gasteiger partial charge on any atom is 0.261 e. The Kier molecular flexibility index (Phi) is 6.70. The van der Waals surface area contributed by atoms with Gasteiger partial charge in [-0.3, -0.25) is 4.57 Å². The molecule has 2 heterocycles. The van der Waals surface area contributed by atoms with Crippen LogP contribution in [0.3, 0.4) is 0 Å². The average molecular weight is 523 g/mol. The van der Waals surface area contributed by atoms with Crippen LogP contribution in [0.25, 0.3) is 11.2 Å². The van der Waals surface area contributed by atoms with Crippen LogP contribution in [-0.2, 0) is 4.43 Å². The monoisotopic (exact) mass is 522 g/mol. The molecule has 182 valence electrons. The van der Waals surface area contributed by atoms with E-state index in [-0.39, 0.29) is 22.5 Å². The van der Waals surface area contributed by atoms with Gasteiger partial charge in [0.15, 0.2) is 10.4 Å². The number of halogens is 1. The van der Waals surface area contributed by atoms with Gasteiger partial charge < -0.3 is 9.41 Å². The molecule has 0 radical (unpaired) electrons. The van der Waals surface area contributed by atoms with Gasteiger partial charge in [0.25, 0.3) is 8.32 Å². The molecule has 1 aliphatic rings. The molecule has 5 nitrogen and oxygen atoms in total. The van der Waals surface area contributed by atoms with Crippen LogP contribution in [0.4, 0.5) is 0 Å². The van der Waals surface area contributed by atoms with Gasteiger partial charge in [0.2, 0.25) is 5.28 Å². The minimum atomic E-state index is -2.56. The molecular weight excluding hydrogens is 492 g/mol. The number of benzene rings is 2. The molecule has 0 spiro atoms. The van der Waals surface area contributed by atoms with Crippen LogP contribution < -0.4 is 10.4 Å². The fourth-order valence-electron chi connectivity index (χ4n) is 5.60. The molecule has 1 saturated carbocycles. The summed E-state index contributed by atoms with van der Waals surface area (Å²) in [4.78, 5) is 11.8. The maximum absolute atomic E-state index is 7.37. The Morgan fingerprint density at radius 3 is 2.09 bits per heavy atom. The van der Waals surface area contributed by atoms with Crippen LogP contribution in [0.2, 0.25) is 10.3 Å². The normalized spacial score (nSPS) is 19.2. The number of nitrogens with one attached hydrogen (secondary N) is 1. The highest BCUT2D eigenvalue weighted by atomic mass is 35.5. The number of rotatable bonds is 5. The van der Waals surface area contributed by atoms with Crippen LogP contribution in [0.15, 0.2) is 66.9 Å². The number of aromatic nitrogens is 4. The summed E-state index contributed by atoms with van der Waals surface area (Å²) in [7, 11) is -2.56. The zero-order chi connectivity index (χ0) is 24.6. The molecule has 2 aromatic heterocycles. The lowest BCUT2D eigenvalue weighted by Gasteiger charge is -2.46. The van der Waals surface area contributed by atoms with Crippen molar-refractivity contribution in [2.75, 3.05) is 0 Å². The van der Waals surface area contributed by atoms with Crippen molar-refractivity contribution < 1.29 is 4.43 Å². The summed E-state index contributed by atoms with van der Waals surface area (Å²) in [6.45, 7) is 7.00. The predicted octanol–water partition coefficient (Wildman–Crippen LogP) is 6.20. The minimum absolute atomic E-state index is 0.0282. The summed E-state index contributed by atoms with van der Waals surface area (Å²) in [5.74, 6) is 0. The second kappa shape index (κ2) is 9.62. The van der Waals surface area contributed by atoms with Gasteiger partial charge in [0.05, 0.1) is 6.20 Å². The first-order valence-electron chi connectivity index (χ1n) is 12.2. The third-order valence-corrected chi connectivity index (χ3v) is 12.8. The molecule has 0 unspecified atom stereocenters. The van der Waals surface area contributed by atoms with E-state index >= 15 is 0 Å². The Hall–Kier alpha value is -2.32. The van der Waals surface area contributed by atoms with Crippen LogP contribution in [0.1, 0.15) is 52.5 Å². The van der Waals surface area contributed by atoms with E-state index in [2.05, 4.69) is 101 Å². The molecule has 0 aliphatic heterocycles. The van der Waals surface area contributed by atoms with E-state index in [9.17, 15) is 0 Å². The molecule has 5 rings (SSSR count). The van der Waals surface area contributed by atoms with Crippen molar-refractivity contribution in [1.29, 1.82) is 0 Å². The zero-order valence-corrected chi connectivity index (χ0v) is 22.9. The summed E-state index contributed by atoms with van der Waals surface area (Å²) < 4.78 is 10.2. The van der Waals surface area contributed by atoms with Gasteiger partial charge in [-0.25, -0.2) is 4.98 Å². The van der Waals surface area contributed by atoms with Gasteiger partial charge in [-0.2, -0.15) is 4.98 Å². The fourth-order valence-corrected chi connectivity index (χ4v) is 10.8. The lowest BCUT2D eigenvalue weighted by atomic mass is 9.93. The lowest BCUT2D eigenvalue weighted by molar-refractivity contribution is 0.123. The Labute approximate surface area is 217 Å². The van der Waals surface area contributed by atoms with E-state index in [1.807, 2.05) is 0 Å². The number of hydrogen-bond donors (Lipinski definition) is 1. The van der Waals surface area contributed by atoms with Crippen molar-refractivity contribution in [2.24, 2.45) is 0 Å². The molecule has 1 fully saturated rings. The quantitative estimate of drug-likeness (QED) is 0.192. The summed E-state index contributed by atoms with van der Waals surface area (Å²) in [5.41, 5.74) is 1.61. The van der Waals surface area contributed by atoms with Crippen LogP contribution in [0.5, 0.6) is 0 Å². The van der Waals surface area contributed by atoms with E-state index in [4.69, 9.17) is 28.2 Å². The zero-order valence-electron chi connectivity index (χ0n) is 20.4. The molecule has 1 N–H and O–H groups in total. The number of nitrogens with zero attached hydrogens (tertiary/aromatic N) is 3. The molecule has 8 heteroatoms. The molecule has 4 aromatic rings. The van der Waals surface area contributed by atoms with Crippen LogP contribution in [0, 0.1) is 4.77 Å². The lowest BCUT2D eigenvalue weighted by Crippen LogP contribution is -2.67. The highest BCUT2D eigenvalue weighted by molar-refractivity contribution is 7.71. The second-order valence-corrected chi connectivity index (χ2v) is 15.4. The van der Waals surface area contributed by atoms with Crippen LogP contribution in [-0.4, -0.2) is 33.9 Å². The van der Waals surface area contributed by atoms with E-state index in [0.29, 0.717) is 4.77 Å². The van der Waals surface area contributed by atoms with E-state index in [1.54, 1.807) is 6.20 Å². The summed E-state index contributed by atoms with van der Waals surface area (Å²) in [5, 5.41) is 2.86. The second-order valence-electron chi connectivity index (χ2n) is 10.4. The molecule has 35 heavy (non-hydrogen) atoms. The van der Waals surface area contributed by atoms with Gasteiger partial charge >= 0.3 is 0 Å². The third kappa shape index (κ3) is 4.51. The van der Waals surface area contributed by atoms with Crippen molar-refractivity contribution in [1.82, 2.24) is 19.5 Å². The van der Waals surface area contributed by atoms with Gasteiger partial charge in [-0.05, 0) is 64.9 Å². The summed E-state index contributed by atoms with van der Waals surface area (Å²) in [6, 6.07) is 22.0. The van der Waals surface area contributed by atoms with Crippen LogP contribution >= 0.6 is 23.8 Å². The molecule has 0 amide bonds. The largest absolute Gasteiger partial charge is 0.404 e. The predicted molar refractivity (Wildman–Crippen MR) is 148 cm³/mol. The molecule has 1 aliphatic carbocycles. The molecule has 0 saturated heterocycles. The summed E-state index contributed by atoms with van der Waals surface area (Å²) in [6.07, 6.45) is 5.80. The van der Waals surface area contributed by atoms with Gasteiger partial charge in [-0.15, -0.1) is 0 Å². The summed E-state index contributed by atoms with van der Waals surface area (Å²) >= 11 is 11.7. The Balaban J connectivity index is 1.46. The number of hydrogen-bond acceptors (Lipinski definition) is 4. The number of aromatic amines is 1. The molecule has 2 aromatic carbocycles. The van der Waals surface area contributed by atoms with Gasteiger partial charge in [0.1, 0.15) is 5.52 Å². The molecule has 0 bridgehead atoms. The first-order chi connectivity index (χ1) is 16.8. The number of imidazole rings is 1. The van der Waals surface area contributed by atoms with E-state index in [0.717, 1.165) is 36.8 Å². The highest BCUT2D eigenvalue weighted by Gasteiger charge is 2.51. The van der Waals surface area contributed by atoms with Gasteiger partial charge in [0, 0.05) is 12.1 Å². The minimum Gasteiger partial charge on any atom is -0.404 e. The van der Waals surface area contributed by atoms with E-state index < -0.39 is 8.32 Å². The molecule has 0 atom stereocenters. The first-order valence-corrected chi connectivity index (χ1v) is 14.9. The standard InChI is InChI=1S/C27H31ClN4OSSi/c1-27(2,3)35(21-10-6-4-7-11-21,22-12-8-5-9-13-22)33-20-16-14-19(15-17-20)32-24-23(30-26(32)34)18-29-25(28)31-24/h4-13,18-20H,14-17H2,1-3H3,(H,30,34). The fraction of sp³-hybridized carbons (Fsp3) is 0.370. The Morgan fingerprint density at radius 2 is 1.54 bits per heavy atom. The maximum atomic E-state index is 7.37. The SMILES string of the molecule is CC(C)(C)[Si](OC1CCC(n2c(=S)[nH]c3cnc(Cl)nc32)CC1)(c1ccccc1)c1ccccc1. The van der Waals surface area contributed by atoms with Gasteiger partial charge in [-0.1, -0.05) is 81.4 Å². The average Bonchev–Trinajstić information content (AvgIpc) is 3.18. The topological polar surface area (TPSA) is 55.7 Å². The first kappa shape index (κ1) is 24.4. The van der Waals surface area contributed by atoms with Crippen molar-refractivity contribution in [3.63, 3.8) is 0 Å². The molecular formula is C27H31ClN4OSSi. The Morgan fingerprint density at radius 1 is 0.971 bits per heavy atom. The van der Waals surface area contributed by atoms with Crippen molar-refractivity contribution in [3.05, 3.63) is 76.9 Å². The highest BCUT2D eigenvalue weighted by Crippen LogP contribution is 2.40.